The second-order valence-electron chi connectivity index (χ2n) is 5.05. The van der Waals surface area contributed by atoms with E-state index in [1.165, 1.54) is 5.56 Å². The molecule has 2 heterocycles. The number of nitrogens with one attached hydrogen (secondary N) is 1. The quantitative estimate of drug-likeness (QED) is 0.849. The van der Waals surface area contributed by atoms with E-state index >= 15 is 0 Å². The summed E-state index contributed by atoms with van der Waals surface area (Å²) in [5.74, 6) is 1.93. The number of piperidine rings is 1. The first-order valence-corrected chi connectivity index (χ1v) is 7.27. The second-order valence-corrected chi connectivity index (χ2v) is 5.05. The molecule has 0 saturated carbocycles. The average Bonchev–Trinajstić information content (AvgIpc) is 2.41. The normalized spacial score (nSPS) is 19.5. The van der Waals surface area contributed by atoms with Crippen LogP contribution >= 0.6 is 0 Å². The molecule has 106 valence electrons. The number of nitrogens with zero attached hydrogens (tertiary/aromatic N) is 3. The van der Waals surface area contributed by atoms with Crippen LogP contribution < -0.4 is 10.2 Å². The Hall–Kier alpha value is -1.36. The summed E-state index contributed by atoms with van der Waals surface area (Å²) in [6.07, 6.45) is 5.33. The molecule has 1 unspecified atom stereocenters. The van der Waals surface area contributed by atoms with Crippen molar-refractivity contribution < 1.29 is 5.11 Å². The third kappa shape index (κ3) is 3.35. The summed E-state index contributed by atoms with van der Waals surface area (Å²) in [4.78, 5) is 11.0. The van der Waals surface area contributed by atoms with E-state index in [0.717, 1.165) is 50.4 Å². The fourth-order valence-electron chi connectivity index (χ4n) is 2.62. The lowest BCUT2D eigenvalue weighted by atomic mass is 10.1. The van der Waals surface area contributed by atoms with E-state index in [1.807, 2.05) is 0 Å². The lowest BCUT2D eigenvalue weighted by molar-refractivity contribution is 0.154. The van der Waals surface area contributed by atoms with Gasteiger partial charge in [-0.15, -0.1) is 0 Å². The topological polar surface area (TPSA) is 61.3 Å². The van der Waals surface area contributed by atoms with E-state index < -0.39 is 0 Å². The Morgan fingerprint density at radius 1 is 1.42 bits per heavy atom. The van der Waals surface area contributed by atoms with Crippen molar-refractivity contribution in [3.05, 3.63) is 11.9 Å². The average molecular weight is 264 g/mol. The van der Waals surface area contributed by atoms with Gasteiger partial charge < -0.3 is 15.3 Å². The largest absolute Gasteiger partial charge is 0.391 e. The first kappa shape index (κ1) is 14.1. The zero-order chi connectivity index (χ0) is 13.7. The van der Waals surface area contributed by atoms with Gasteiger partial charge in [-0.25, -0.2) is 9.97 Å². The number of hydrogen-bond acceptors (Lipinski definition) is 5. The summed E-state index contributed by atoms with van der Waals surface area (Å²) in [5, 5.41) is 13.1. The fourth-order valence-corrected chi connectivity index (χ4v) is 2.62. The molecule has 5 heteroatoms. The summed E-state index contributed by atoms with van der Waals surface area (Å²) in [7, 11) is 0. The molecule has 0 aliphatic carbocycles. The van der Waals surface area contributed by atoms with Crippen molar-refractivity contribution in [2.75, 3.05) is 29.9 Å². The molecule has 1 atom stereocenters. The van der Waals surface area contributed by atoms with Gasteiger partial charge >= 0.3 is 0 Å². The van der Waals surface area contributed by atoms with E-state index in [2.05, 4.69) is 34.0 Å². The van der Waals surface area contributed by atoms with E-state index in [-0.39, 0.29) is 6.10 Å². The Kier molecular flexibility index (Phi) is 4.96. The molecule has 1 aromatic heterocycles. The van der Waals surface area contributed by atoms with Crippen LogP contribution in [0.15, 0.2) is 6.33 Å². The molecule has 1 aromatic rings. The van der Waals surface area contributed by atoms with Crippen LogP contribution in [-0.2, 0) is 6.42 Å². The maximum atomic E-state index is 9.83. The maximum absolute atomic E-state index is 9.83. The van der Waals surface area contributed by atoms with Crippen molar-refractivity contribution in [3.8, 4) is 0 Å². The van der Waals surface area contributed by atoms with E-state index in [1.54, 1.807) is 6.33 Å². The Morgan fingerprint density at radius 2 is 2.26 bits per heavy atom. The molecule has 5 nitrogen and oxygen atoms in total. The number of anilines is 2. The first-order chi connectivity index (χ1) is 9.26. The van der Waals surface area contributed by atoms with Crippen LogP contribution in [0, 0.1) is 0 Å². The summed E-state index contributed by atoms with van der Waals surface area (Å²) >= 11 is 0. The molecule has 0 amide bonds. The second kappa shape index (κ2) is 6.70. The molecular formula is C14H24N4O. The van der Waals surface area contributed by atoms with Gasteiger partial charge in [-0.2, -0.15) is 0 Å². The number of hydrogen-bond donors (Lipinski definition) is 2. The van der Waals surface area contributed by atoms with Crippen LogP contribution in [0.2, 0.25) is 0 Å². The van der Waals surface area contributed by atoms with Gasteiger partial charge in [0.15, 0.2) is 0 Å². The van der Waals surface area contributed by atoms with Crippen molar-refractivity contribution in [3.63, 3.8) is 0 Å². The van der Waals surface area contributed by atoms with Gasteiger partial charge in [0.25, 0.3) is 0 Å². The van der Waals surface area contributed by atoms with Gasteiger partial charge in [0.1, 0.15) is 18.0 Å². The van der Waals surface area contributed by atoms with Crippen LogP contribution in [0.25, 0.3) is 0 Å². The van der Waals surface area contributed by atoms with Gasteiger partial charge in [0, 0.05) is 25.2 Å². The summed E-state index contributed by atoms with van der Waals surface area (Å²) in [6.45, 7) is 6.74. The molecule has 1 aliphatic rings. The highest BCUT2D eigenvalue weighted by Crippen LogP contribution is 2.27. The monoisotopic (exact) mass is 264 g/mol. The molecule has 1 aliphatic heterocycles. The molecule has 1 fully saturated rings. The van der Waals surface area contributed by atoms with Crippen LogP contribution in [0.4, 0.5) is 11.6 Å². The summed E-state index contributed by atoms with van der Waals surface area (Å²) < 4.78 is 0. The zero-order valence-corrected chi connectivity index (χ0v) is 11.9. The third-order valence-corrected chi connectivity index (χ3v) is 3.46. The van der Waals surface area contributed by atoms with Crippen molar-refractivity contribution in [2.24, 2.45) is 0 Å². The standard InChI is InChI=1S/C14H24N4O/c1-3-6-12-13(15-4-2)16-10-17-14(12)18-8-5-7-11(19)9-18/h10-11,19H,3-9H2,1-2H3,(H,15,16,17). The zero-order valence-electron chi connectivity index (χ0n) is 11.9. The Bertz CT molecular complexity index is 410. The lowest BCUT2D eigenvalue weighted by Crippen LogP contribution is -2.39. The van der Waals surface area contributed by atoms with Gasteiger partial charge in [0.05, 0.1) is 6.10 Å². The number of rotatable bonds is 5. The minimum atomic E-state index is -0.235. The molecule has 2 rings (SSSR count). The number of aliphatic hydroxyl groups is 1. The molecule has 19 heavy (non-hydrogen) atoms. The molecular weight excluding hydrogens is 240 g/mol. The Balaban J connectivity index is 2.29. The van der Waals surface area contributed by atoms with Gasteiger partial charge in [-0.1, -0.05) is 13.3 Å². The minimum absolute atomic E-state index is 0.235. The molecule has 0 spiro atoms. The van der Waals surface area contributed by atoms with Gasteiger partial charge in [0.2, 0.25) is 0 Å². The Morgan fingerprint density at radius 3 is 2.95 bits per heavy atom. The van der Waals surface area contributed by atoms with E-state index in [9.17, 15) is 5.11 Å². The smallest absolute Gasteiger partial charge is 0.137 e. The van der Waals surface area contributed by atoms with Crippen molar-refractivity contribution >= 4 is 11.6 Å². The predicted molar refractivity (Wildman–Crippen MR) is 77.6 cm³/mol. The highest BCUT2D eigenvalue weighted by molar-refractivity contribution is 5.59. The number of aromatic nitrogens is 2. The molecule has 1 saturated heterocycles. The summed E-state index contributed by atoms with van der Waals surface area (Å²) in [6, 6.07) is 0. The SMILES string of the molecule is CCCc1c(NCC)ncnc1N1CCCC(O)C1. The molecule has 0 bridgehead atoms. The van der Waals surface area contributed by atoms with Crippen LogP contribution in [-0.4, -0.2) is 40.8 Å². The van der Waals surface area contributed by atoms with E-state index in [0.29, 0.717) is 6.54 Å². The number of β-amino-alcohol motifs (C(OH)–C–C–N with tert-alkyl or cyclic N) is 1. The van der Waals surface area contributed by atoms with Gasteiger partial charge in [-0.3, -0.25) is 0 Å². The van der Waals surface area contributed by atoms with Crippen LogP contribution in [0.3, 0.4) is 0 Å². The van der Waals surface area contributed by atoms with Crippen LogP contribution in [0.5, 0.6) is 0 Å². The highest BCUT2D eigenvalue weighted by atomic mass is 16.3. The number of aliphatic hydroxyl groups excluding tert-OH is 1. The molecule has 0 radical (unpaired) electrons. The van der Waals surface area contributed by atoms with Crippen molar-refractivity contribution in [1.82, 2.24) is 9.97 Å². The Labute approximate surface area is 115 Å². The maximum Gasteiger partial charge on any atom is 0.137 e. The third-order valence-electron chi connectivity index (χ3n) is 3.46. The summed E-state index contributed by atoms with van der Waals surface area (Å²) in [5.41, 5.74) is 1.18. The van der Waals surface area contributed by atoms with Crippen molar-refractivity contribution in [2.45, 2.75) is 45.6 Å². The van der Waals surface area contributed by atoms with Gasteiger partial charge in [-0.05, 0) is 26.2 Å². The van der Waals surface area contributed by atoms with Crippen molar-refractivity contribution in [1.29, 1.82) is 0 Å². The molecule has 2 N–H and O–H groups in total. The predicted octanol–water partition coefficient (Wildman–Crippen LogP) is 1.82. The lowest BCUT2D eigenvalue weighted by Gasteiger charge is -2.32. The minimum Gasteiger partial charge on any atom is -0.391 e. The van der Waals surface area contributed by atoms with E-state index in [4.69, 9.17) is 0 Å². The van der Waals surface area contributed by atoms with Crippen LogP contribution in [0.1, 0.15) is 38.7 Å². The highest BCUT2D eigenvalue weighted by Gasteiger charge is 2.22. The fraction of sp³-hybridized carbons (Fsp3) is 0.714. The molecule has 0 aromatic carbocycles. The first-order valence-electron chi connectivity index (χ1n) is 7.27.